The summed E-state index contributed by atoms with van der Waals surface area (Å²) < 4.78 is 0. The highest BCUT2D eigenvalue weighted by atomic mass is 16.3. The van der Waals surface area contributed by atoms with Crippen LogP contribution in [0.2, 0.25) is 0 Å². The van der Waals surface area contributed by atoms with E-state index in [-0.39, 0.29) is 0 Å². The summed E-state index contributed by atoms with van der Waals surface area (Å²) in [7, 11) is 3.99. The van der Waals surface area contributed by atoms with Crippen molar-refractivity contribution in [1.82, 2.24) is 15.2 Å². The predicted molar refractivity (Wildman–Crippen MR) is 91.3 cm³/mol. The molecule has 0 bridgehead atoms. The van der Waals surface area contributed by atoms with Gasteiger partial charge in [0.1, 0.15) is 0 Å². The zero-order valence-corrected chi connectivity index (χ0v) is 13.8. The summed E-state index contributed by atoms with van der Waals surface area (Å²) in [6.07, 6.45) is 3.24. The van der Waals surface area contributed by atoms with Crippen LogP contribution in [0.3, 0.4) is 0 Å². The van der Waals surface area contributed by atoms with Gasteiger partial charge in [0.25, 0.3) is 0 Å². The molecule has 1 aromatic heterocycles. The van der Waals surface area contributed by atoms with E-state index in [1.54, 1.807) is 0 Å². The number of fused-ring (bicyclic) bond motifs is 3. The quantitative estimate of drug-likeness (QED) is 0.791. The van der Waals surface area contributed by atoms with Crippen molar-refractivity contribution in [3.8, 4) is 0 Å². The van der Waals surface area contributed by atoms with Crippen molar-refractivity contribution < 1.29 is 5.11 Å². The third-order valence-corrected chi connectivity index (χ3v) is 4.52. The molecule has 4 heteroatoms. The van der Waals surface area contributed by atoms with E-state index in [0.717, 1.165) is 19.3 Å². The smallest absolute Gasteiger partial charge is 0.0869 e. The van der Waals surface area contributed by atoms with Gasteiger partial charge in [0, 0.05) is 35.7 Å². The van der Waals surface area contributed by atoms with Gasteiger partial charge >= 0.3 is 0 Å². The Labute approximate surface area is 132 Å². The minimum atomic E-state index is -0.690. The van der Waals surface area contributed by atoms with Crippen molar-refractivity contribution in [2.24, 2.45) is 0 Å². The van der Waals surface area contributed by atoms with Crippen molar-refractivity contribution in [3.63, 3.8) is 0 Å². The number of hydrogen-bond acceptors (Lipinski definition) is 3. The molecule has 3 N–H and O–H groups in total. The first-order valence-corrected chi connectivity index (χ1v) is 8.13. The average molecular weight is 301 g/mol. The van der Waals surface area contributed by atoms with Gasteiger partial charge in [-0.3, -0.25) is 0 Å². The summed E-state index contributed by atoms with van der Waals surface area (Å²) in [6.45, 7) is 3.21. The van der Waals surface area contributed by atoms with Crippen LogP contribution in [0.1, 0.15) is 24.6 Å². The Bertz CT molecular complexity index is 645. The van der Waals surface area contributed by atoms with Gasteiger partial charge in [-0.15, -0.1) is 0 Å². The molecule has 0 amide bonds. The van der Waals surface area contributed by atoms with E-state index in [2.05, 4.69) is 34.6 Å². The molecule has 0 fully saturated rings. The van der Waals surface area contributed by atoms with Crippen LogP contribution in [0.25, 0.3) is 10.9 Å². The molecular weight excluding hydrogens is 274 g/mol. The number of H-pyrrole nitrogens is 1. The van der Waals surface area contributed by atoms with Crippen molar-refractivity contribution in [2.45, 2.75) is 37.8 Å². The Morgan fingerprint density at radius 2 is 2.14 bits per heavy atom. The topological polar surface area (TPSA) is 51.3 Å². The molecule has 2 atom stereocenters. The maximum Gasteiger partial charge on any atom is 0.0869 e. The summed E-state index contributed by atoms with van der Waals surface area (Å²) in [4.78, 5) is 5.58. The lowest BCUT2D eigenvalue weighted by Gasteiger charge is -2.31. The average Bonchev–Trinajstić information content (AvgIpc) is 2.82. The highest BCUT2D eigenvalue weighted by Gasteiger charge is 2.26. The molecule has 1 heterocycles. The Hall–Kier alpha value is -1.36. The van der Waals surface area contributed by atoms with Crippen LogP contribution in [0.15, 0.2) is 24.3 Å². The lowest BCUT2D eigenvalue weighted by atomic mass is 9.91. The second-order valence-corrected chi connectivity index (χ2v) is 7.18. The molecule has 120 valence electrons. The maximum absolute atomic E-state index is 10.4. The van der Waals surface area contributed by atoms with E-state index in [4.69, 9.17) is 0 Å². The van der Waals surface area contributed by atoms with Crippen LogP contribution in [-0.2, 0) is 12.8 Å². The first-order valence-electron chi connectivity index (χ1n) is 8.13. The predicted octanol–water partition coefficient (Wildman–Crippen LogP) is 1.93. The fraction of sp³-hybridized carbons (Fsp3) is 0.556. The van der Waals surface area contributed by atoms with Crippen LogP contribution in [0, 0.1) is 0 Å². The normalized spacial score (nSPS) is 21.0. The first kappa shape index (κ1) is 15.5. The highest BCUT2D eigenvalue weighted by molar-refractivity contribution is 5.84. The van der Waals surface area contributed by atoms with Crippen LogP contribution < -0.4 is 5.32 Å². The van der Waals surface area contributed by atoms with Gasteiger partial charge < -0.3 is 20.3 Å². The number of para-hydroxylation sites is 1. The number of nitrogens with zero attached hydrogens (tertiary/aromatic N) is 1. The minimum Gasteiger partial charge on any atom is -0.388 e. The molecule has 0 saturated carbocycles. The highest BCUT2D eigenvalue weighted by Crippen LogP contribution is 2.29. The van der Waals surface area contributed by atoms with Gasteiger partial charge in [-0.1, -0.05) is 18.2 Å². The molecule has 2 aromatic rings. The summed E-state index contributed by atoms with van der Waals surface area (Å²) in [5.74, 6) is 0. The number of aromatic nitrogens is 1. The summed E-state index contributed by atoms with van der Waals surface area (Å²) in [5, 5.41) is 15.4. The van der Waals surface area contributed by atoms with Gasteiger partial charge in [0.05, 0.1) is 5.60 Å². The van der Waals surface area contributed by atoms with E-state index in [1.807, 2.05) is 25.9 Å². The molecule has 0 aliphatic heterocycles. The first-order chi connectivity index (χ1) is 10.4. The molecule has 0 radical (unpaired) electrons. The minimum absolute atomic E-state index is 0.445. The van der Waals surface area contributed by atoms with Gasteiger partial charge in [-0.2, -0.15) is 0 Å². The van der Waals surface area contributed by atoms with E-state index >= 15 is 0 Å². The Balaban J connectivity index is 1.67. The SMILES string of the molecule is CN(C)CC(C)(O)CNC1CCc2[nH]c3ccccc3c2C1. The molecule has 22 heavy (non-hydrogen) atoms. The Morgan fingerprint density at radius 3 is 2.91 bits per heavy atom. The zero-order chi connectivity index (χ0) is 15.7. The number of hydrogen-bond donors (Lipinski definition) is 3. The standard InChI is InChI=1S/C18H27N3O/c1-18(22,12-21(2)3)11-19-13-8-9-17-15(10-13)14-6-4-5-7-16(14)20-17/h4-7,13,19-20,22H,8-12H2,1-3H3. The molecule has 1 aliphatic carbocycles. The number of aryl methyl sites for hydroxylation is 1. The summed E-state index contributed by atoms with van der Waals surface area (Å²) in [6, 6.07) is 8.99. The third-order valence-electron chi connectivity index (χ3n) is 4.52. The number of likely N-dealkylation sites (N-methyl/N-ethyl adjacent to an activating group) is 1. The number of rotatable bonds is 5. The van der Waals surface area contributed by atoms with E-state index < -0.39 is 5.60 Å². The van der Waals surface area contributed by atoms with Crippen molar-refractivity contribution in [2.75, 3.05) is 27.2 Å². The molecule has 1 aliphatic rings. The largest absolute Gasteiger partial charge is 0.388 e. The molecule has 0 spiro atoms. The van der Waals surface area contributed by atoms with Gasteiger partial charge in [0.2, 0.25) is 0 Å². The lowest BCUT2D eigenvalue weighted by molar-refractivity contribution is 0.0309. The fourth-order valence-electron chi connectivity index (χ4n) is 3.65. The van der Waals surface area contributed by atoms with Crippen molar-refractivity contribution >= 4 is 10.9 Å². The van der Waals surface area contributed by atoms with Gasteiger partial charge in [-0.05, 0) is 51.9 Å². The number of nitrogens with one attached hydrogen (secondary N) is 2. The second-order valence-electron chi connectivity index (χ2n) is 7.18. The third kappa shape index (κ3) is 3.35. The van der Waals surface area contributed by atoms with Gasteiger partial charge in [0.15, 0.2) is 0 Å². The monoisotopic (exact) mass is 301 g/mol. The molecule has 2 unspecified atom stereocenters. The molecule has 3 rings (SSSR count). The van der Waals surface area contributed by atoms with Crippen molar-refractivity contribution in [3.05, 3.63) is 35.5 Å². The lowest BCUT2D eigenvalue weighted by Crippen LogP contribution is -2.49. The van der Waals surface area contributed by atoms with E-state index in [0.29, 0.717) is 19.1 Å². The molecule has 4 nitrogen and oxygen atoms in total. The zero-order valence-electron chi connectivity index (χ0n) is 13.8. The fourth-order valence-corrected chi connectivity index (χ4v) is 3.65. The number of aliphatic hydroxyl groups is 1. The number of aromatic amines is 1. The van der Waals surface area contributed by atoms with Crippen LogP contribution >= 0.6 is 0 Å². The maximum atomic E-state index is 10.4. The van der Waals surface area contributed by atoms with Crippen LogP contribution in [-0.4, -0.2) is 53.8 Å². The summed E-state index contributed by atoms with van der Waals surface area (Å²) in [5.41, 5.74) is 3.39. The molecule has 0 saturated heterocycles. The van der Waals surface area contributed by atoms with E-state index in [1.165, 1.54) is 22.2 Å². The molecular formula is C18H27N3O. The van der Waals surface area contributed by atoms with E-state index in [9.17, 15) is 5.11 Å². The summed E-state index contributed by atoms with van der Waals surface area (Å²) >= 11 is 0. The number of benzene rings is 1. The second kappa shape index (κ2) is 6.03. The molecule has 1 aromatic carbocycles. The van der Waals surface area contributed by atoms with Crippen LogP contribution in [0.5, 0.6) is 0 Å². The van der Waals surface area contributed by atoms with Gasteiger partial charge in [-0.25, -0.2) is 0 Å². The van der Waals surface area contributed by atoms with Crippen LogP contribution in [0.4, 0.5) is 0 Å². The van der Waals surface area contributed by atoms with Crippen molar-refractivity contribution in [1.29, 1.82) is 0 Å². The Morgan fingerprint density at radius 1 is 1.36 bits per heavy atom. The Kier molecular flexibility index (Phi) is 4.26.